The van der Waals surface area contributed by atoms with E-state index in [4.69, 9.17) is 4.74 Å². The standard InChI is InChI=1S/C14H15FN4O2/c1-21-13(10-2-4-11(15)5-3-10)14(20)18-6-7-19-12(9-18)8-16-17-19/h2-5,8,13H,6-7,9H2,1H3. The second kappa shape index (κ2) is 5.61. The number of hydrogen-bond acceptors (Lipinski definition) is 4. The molecule has 0 bridgehead atoms. The zero-order valence-electron chi connectivity index (χ0n) is 11.6. The number of amides is 1. The molecule has 2 aromatic rings. The van der Waals surface area contributed by atoms with Crippen molar-refractivity contribution in [2.45, 2.75) is 19.2 Å². The number of methoxy groups -OCH3 is 1. The molecule has 0 aliphatic carbocycles. The van der Waals surface area contributed by atoms with Crippen molar-refractivity contribution in [3.05, 3.63) is 47.5 Å². The summed E-state index contributed by atoms with van der Waals surface area (Å²) in [4.78, 5) is 14.3. The minimum Gasteiger partial charge on any atom is -0.367 e. The monoisotopic (exact) mass is 290 g/mol. The summed E-state index contributed by atoms with van der Waals surface area (Å²) < 4.78 is 20.1. The summed E-state index contributed by atoms with van der Waals surface area (Å²) in [6.45, 7) is 1.62. The smallest absolute Gasteiger partial charge is 0.256 e. The van der Waals surface area contributed by atoms with Crippen LogP contribution in [0.4, 0.5) is 4.39 Å². The molecule has 1 amide bonds. The summed E-state index contributed by atoms with van der Waals surface area (Å²) in [5.74, 6) is -0.481. The third-order valence-corrected chi connectivity index (χ3v) is 3.58. The third kappa shape index (κ3) is 2.64. The lowest BCUT2D eigenvalue weighted by Crippen LogP contribution is -2.41. The number of nitrogens with zero attached hydrogens (tertiary/aromatic N) is 4. The van der Waals surface area contributed by atoms with Crippen molar-refractivity contribution in [3.63, 3.8) is 0 Å². The van der Waals surface area contributed by atoms with Gasteiger partial charge >= 0.3 is 0 Å². The second-order valence-electron chi connectivity index (χ2n) is 4.88. The first kappa shape index (κ1) is 13.7. The van der Waals surface area contributed by atoms with Crippen molar-refractivity contribution in [1.82, 2.24) is 19.9 Å². The highest BCUT2D eigenvalue weighted by Crippen LogP contribution is 2.22. The van der Waals surface area contributed by atoms with Gasteiger partial charge in [-0.25, -0.2) is 9.07 Å². The molecule has 1 aliphatic rings. The lowest BCUT2D eigenvalue weighted by atomic mass is 10.1. The molecule has 1 unspecified atom stereocenters. The summed E-state index contributed by atoms with van der Waals surface area (Å²) >= 11 is 0. The number of hydrogen-bond donors (Lipinski definition) is 0. The normalized spacial score (nSPS) is 15.6. The quantitative estimate of drug-likeness (QED) is 0.850. The van der Waals surface area contributed by atoms with E-state index in [9.17, 15) is 9.18 Å². The molecule has 1 aromatic carbocycles. The van der Waals surface area contributed by atoms with Crippen molar-refractivity contribution >= 4 is 5.91 Å². The summed E-state index contributed by atoms with van der Waals surface area (Å²) in [5.41, 5.74) is 1.53. The number of ether oxygens (including phenoxy) is 1. The molecular formula is C14H15FN4O2. The van der Waals surface area contributed by atoms with Crippen LogP contribution in [0.5, 0.6) is 0 Å². The molecule has 2 heterocycles. The van der Waals surface area contributed by atoms with E-state index in [-0.39, 0.29) is 11.7 Å². The average Bonchev–Trinajstić information content (AvgIpc) is 2.97. The Balaban J connectivity index is 1.78. The van der Waals surface area contributed by atoms with E-state index in [2.05, 4.69) is 10.3 Å². The maximum absolute atomic E-state index is 13.0. The zero-order valence-corrected chi connectivity index (χ0v) is 11.6. The highest BCUT2D eigenvalue weighted by Gasteiger charge is 2.29. The van der Waals surface area contributed by atoms with Gasteiger partial charge in [0.1, 0.15) is 5.82 Å². The van der Waals surface area contributed by atoms with Crippen LogP contribution in [-0.2, 0) is 22.6 Å². The Bertz CT molecular complexity index is 641. The van der Waals surface area contributed by atoms with Gasteiger partial charge in [-0.3, -0.25) is 4.79 Å². The molecule has 110 valence electrons. The molecule has 0 saturated carbocycles. The first-order valence-electron chi connectivity index (χ1n) is 6.63. The predicted octanol–water partition coefficient (Wildman–Crippen LogP) is 1.15. The predicted molar refractivity (Wildman–Crippen MR) is 71.6 cm³/mol. The molecule has 6 nitrogen and oxygen atoms in total. The lowest BCUT2D eigenvalue weighted by molar-refractivity contribution is -0.144. The second-order valence-corrected chi connectivity index (χ2v) is 4.88. The largest absolute Gasteiger partial charge is 0.367 e. The van der Waals surface area contributed by atoms with Gasteiger partial charge in [-0.05, 0) is 17.7 Å². The van der Waals surface area contributed by atoms with E-state index in [1.165, 1.54) is 19.2 Å². The van der Waals surface area contributed by atoms with Gasteiger partial charge in [-0.15, -0.1) is 5.10 Å². The summed E-state index contributed by atoms with van der Waals surface area (Å²) in [6.07, 6.45) is 0.923. The zero-order chi connectivity index (χ0) is 14.8. The Hall–Kier alpha value is -2.28. The van der Waals surface area contributed by atoms with Crippen LogP contribution >= 0.6 is 0 Å². The first-order valence-corrected chi connectivity index (χ1v) is 6.63. The number of aromatic nitrogens is 3. The van der Waals surface area contributed by atoms with Crippen LogP contribution in [0.3, 0.4) is 0 Å². The average molecular weight is 290 g/mol. The molecular weight excluding hydrogens is 275 g/mol. The van der Waals surface area contributed by atoms with Crippen molar-refractivity contribution in [3.8, 4) is 0 Å². The Morgan fingerprint density at radius 2 is 2.10 bits per heavy atom. The van der Waals surface area contributed by atoms with Crippen molar-refractivity contribution in [2.24, 2.45) is 0 Å². The van der Waals surface area contributed by atoms with Gasteiger partial charge in [-0.2, -0.15) is 0 Å². The molecule has 7 heteroatoms. The molecule has 1 aromatic heterocycles. The van der Waals surface area contributed by atoms with E-state index >= 15 is 0 Å². The molecule has 0 N–H and O–H groups in total. The van der Waals surface area contributed by atoms with E-state index in [0.717, 1.165) is 5.69 Å². The molecule has 21 heavy (non-hydrogen) atoms. The Kier molecular flexibility index (Phi) is 3.66. The topological polar surface area (TPSA) is 60.2 Å². The van der Waals surface area contributed by atoms with Crippen LogP contribution in [0.1, 0.15) is 17.4 Å². The highest BCUT2D eigenvalue weighted by atomic mass is 19.1. The molecule has 0 spiro atoms. The van der Waals surface area contributed by atoms with Crippen molar-refractivity contribution in [1.29, 1.82) is 0 Å². The number of carbonyl (C=O) groups excluding carboxylic acids is 1. The Labute approximate surface area is 121 Å². The maximum atomic E-state index is 13.0. The van der Waals surface area contributed by atoms with Crippen molar-refractivity contribution < 1.29 is 13.9 Å². The van der Waals surface area contributed by atoms with Gasteiger partial charge in [0, 0.05) is 13.7 Å². The van der Waals surface area contributed by atoms with Gasteiger partial charge in [0.05, 0.1) is 25.0 Å². The summed E-state index contributed by atoms with van der Waals surface area (Å²) in [5, 5.41) is 7.77. The van der Waals surface area contributed by atoms with Crippen LogP contribution in [0.15, 0.2) is 30.5 Å². The maximum Gasteiger partial charge on any atom is 0.256 e. The van der Waals surface area contributed by atoms with E-state index < -0.39 is 6.10 Å². The lowest BCUT2D eigenvalue weighted by Gasteiger charge is -2.30. The van der Waals surface area contributed by atoms with Gasteiger partial charge < -0.3 is 9.64 Å². The van der Waals surface area contributed by atoms with Gasteiger partial charge in [0.15, 0.2) is 6.10 Å². The number of fused-ring (bicyclic) bond motifs is 1. The third-order valence-electron chi connectivity index (χ3n) is 3.58. The Morgan fingerprint density at radius 1 is 1.33 bits per heavy atom. The fourth-order valence-electron chi connectivity index (χ4n) is 2.45. The molecule has 3 rings (SSSR count). The molecule has 1 atom stereocenters. The molecule has 0 saturated heterocycles. The van der Waals surface area contributed by atoms with E-state index in [0.29, 0.717) is 25.2 Å². The fraction of sp³-hybridized carbons (Fsp3) is 0.357. The number of benzene rings is 1. The molecule has 0 radical (unpaired) electrons. The van der Waals surface area contributed by atoms with Crippen LogP contribution in [-0.4, -0.2) is 39.5 Å². The SMILES string of the molecule is COC(C(=O)N1CCn2nncc2C1)c1ccc(F)cc1. The highest BCUT2D eigenvalue weighted by molar-refractivity contribution is 5.82. The number of rotatable bonds is 3. The Morgan fingerprint density at radius 3 is 2.81 bits per heavy atom. The van der Waals surface area contributed by atoms with Gasteiger partial charge in [-0.1, -0.05) is 17.3 Å². The summed E-state index contributed by atoms with van der Waals surface area (Å²) in [7, 11) is 1.47. The fourth-order valence-corrected chi connectivity index (χ4v) is 2.45. The van der Waals surface area contributed by atoms with Crippen molar-refractivity contribution in [2.75, 3.05) is 13.7 Å². The molecule has 1 aliphatic heterocycles. The van der Waals surface area contributed by atoms with Gasteiger partial charge in [0.2, 0.25) is 0 Å². The van der Waals surface area contributed by atoms with Gasteiger partial charge in [0.25, 0.3) is 5.91 Å². The van der Waals surface area contributed by atoms with Crippen LogP contribution in [0, 0.1) is 5.82 Å². The summed E-state index contributed by atoms with van der Waals surface area (Å²) in [6, 6.07) is 5.78. The number of halogens is 1. The minimum atomic E-state index is -0.729. The van der Waals surface area contributed by atoms with E-state index in [1.54, 1.807) is 27.9 Å². The van der Waals surface area contributed by atoms with Crippen LogP contribution < -0.4 is 0 Å². The first-order chi connectivity index (χ1) is 10.2. The van der Waals surface area contributed by atoms with E-state index in [1.807, 2.05) is 0 Å². The number of carbonyl (C=O) groups is 1. The minimum absolute atomic E-state index is 0.142. The molecule has 0 fully saturated rings. The van der Waals surface area contributed by atoms with Crippen LogP contribution in [0.2, 0.25) is 0 Å². The van der Waals surface area contributed by atoms with Crippen LogP contribution in [0.25, 0.3) is 0 Å².